The van der Waals surface area contributed by atoms with Crippen LogP contribution in [0.1, 0.15) is 32.3 Å². The highest BCUT2D eigenvalue weighted by molar-refractivity contribution is 8.00. The molecule has 1 fully saturated rings. The largest absolute Gasteiger partial charge is 0.322 e. The van der Waals surface area contributed by atoms with Crippen molar-refractivity contribution in [3.8, 4) is 0 Å². The molecule has 7 nitrogen and oxygen atoms in total. The van der Waals surface area contributed by atoms with Crippen molar-refractivity contribution in [2.45, 2.75) is 44.4 Å². The fourth-order valence-electron chi connectivity index (χ4n) is 3.21. The van der Waals surface area contributed by atoms with Crippen LogP contribution in [0, 0.1) is 18.7 Å². The first-order valence-corrected chi connectivity index (χ1v) is 10.2. The number of nitrogens with one attached hydrogen (secondary N) is 3. The minimum Gasteiger partial charge on any atom is -0.322 e. The molecule has 0 spiro atoms. The summed E-state index contributed by atoms with van der Waals surface area (Å²) in [6, 6.07) is 7.74. The fourth-order valence-corrected chi connectivity index (χ4v) is 3.91. The van der Waals surface area contributed by atoms with Crippen LogP contribution in [0.5, 0.6) is 0 Å². The van der Waals surface area contributed by atoms with Crippen LogP contribution in [0.25, 0.3) is 0 Å². The summed E-state index contributed by atoms with van der Waals surface area (Å²) >= 11 is 1.32. The Bertz CT molecular complexity index is 855. The van der Waals surface area contributed by atoms with Gasteiger partial charge in [0.25, 0.3) is 0 Å². The van der Waals surface area contributed by atoms with Crippen molar-refractivity contribution in [1.29, 1.82) is 0 Å². The molecule has 150 valence electrons. The lowest BCUT2D eigenvalue weighted by Gasteiger charge is -2.35. The van der Waals surface area contributed by atoms with Crippen molar-refractivity contribution in [2.24, 2.45) is 5.92 Å². The molecule has 28 heavy (non-hydrogen) atoms. The van der Waals surface area contributed by atoms with Gasteiger partial charge >= 0.3 is 0 Å². The summed E-state index contributed by atoms with van der Waals surface area (Å²) in [7, 11) is 0. The maximum atomic E-state index is 13.0. The number of anilines is 1. The predicted octanol–water partition coefficient (Wildman–Crippen LogP) is 2.65. The second kappa shape index (κ2) is 8.74. The van der Waals surface area contributed by atoms with Gasteiger partial charge in [0, 0.05) is 17.0 Å². The maximum absolute atomic E-state index is 13.0. The molecule has 2 heterocycles. The molecule has 1 aliphatic rings. The molecule has 3 unspecified atom stereocenters. The van der Waals surface area contributed by atoms with Gasteiger partial charge in [-0.1, -0.05) is 6.92 Å². The molecule has 0 bridgehead atoms. The number of amides is 2. The summed E-state index contributed by atoms with van der Waals surface area (Å²) < 4.78 is 14.5. The summed E-state index contributed by atoms with van der Waals surface area (Å²) in [4.78, 5) is 25.5. The number of rotatable bonds is 6. The van der Waals surface area contributed by atoms with Gasteiger partial charge in [-0.15, -0.1) is 11.8 Å². The summed E-state index contributed by atoms with van der Waals surface area (Å²) in [6.07, 6.45) is 0.216. The third kappa shape index (κ3) is 4.71. The van der Waals surface area contributed by atoms with Crippen molar-refractivity contribution in [2.75, 3.05) is 11.1 Å². The molecule has 3 atom stereocenters. The Morgan fingerprint density at radius 2 is 2.07 bits per heavy atom. The number of nitrogens with zero attached hydrogens (tertiary/aromatic N) is 2. The molecule has 2 amide bonds. The van der Waals surface area contributed by atoms with Gasteiger partial charge in [-0.25, -0.2) is 9.07 Å². The first-order valence-electron chi connectivity index (χ1n) is 9.18. The van der Waals surface area contributed by atoms with Crippen molar-refractivity contribution in [1.82, 2.24) is 20.4 Å². The number of hydrogen-bond acceptors (Lipinski definition) is 5. The van der Waals surface area contributed by atoms with Crippen molar-refractivity contribution < 1.29 is 14.0 Å². The number of aromatic nitrogens is 2. The van der Waals surface area contributed by atoms with Crippen LogP contribution < -0.4 is 16.0 Å². The molecular formula is C19H24FN5O2S. The van der Waals surface area contributed by atoms with E-state index in [9.17, 15) is 14.0 Å². The van der Waals surface area contributed by atoms with E-state index < -0.39 is 6.29 Å². The molecule has 3 N–H and O–H groups in total. The quantitative estimate of drug-likeness (QED) is 0.643. The van der Waals surface area contributed by atoms with Gasteiger partial charge in [0.1, 0.15) is 11.6 Å². The minimum absolute atomic E-state index is 0.00848. The second-order valence-electron chi connectivity index (χ2n) is 6.79. The number of aryl methyl sites for hydroxylation is 1. The van der Waals surface area contributed by atoms with E-state index in [1.54, 1.807) is 22.9 Å². The summed E-state index contributed by atoms with van der Waals surface area (Å²) in [6.45, 7) is 5.77. The van der Waals surface area contributed by atoms with Crippen LogP contribution in [0.3, 0.4) is 0 Å². The topological polar surface area (TPSA) is 88.1 Å². The van der Waals surface area contributed by atoms with Crippen LogP contribution in [0.15, 0.2) is 35.2 Å². The average Bonchev–Trinajstić information content (AvgIpc) is 3.01. The lowest BCUT2D eigenvalue weighted by Crippen LogP contribution is -2.57. The predicted molar refractivity (Wildman–Crippen MR) is 106 cm³/mol. The molecule has 1 aromatic carbocycles. The third-order valence-corrected chi connectivity index (χ3v) is 5.65. The normalized spacial score (nSPS) is 22.0. The van der Waals surface area contributed by atoms with Crippen LogP contribution in [0.4, 0.5) is 10.2 Å². The zero-order valence-corrected chi connectivity index (χ0v) is 16.8. The Morgan fingerprint density at radius 1 is 1.36 bits per heavy atom. The van der Waals surface area contributed by atoms with Crippen LogP contribution in [0.2, 0.25) is 0 Å². The average molecular weight is 405 g/mol. The van der Waals surface area contributed by atoms with Gasteiger partial charge < -0.3 is 10.6 Å². The van der Waals surface area contributed by atoms with Crippen LogP contribution >= 0.6 is 11.8 Å². The highest BCUT2D eigenvalue weighted by Crippen LogP contribution is 2.22. The zero-order valence-electron chi connectivity index (χ0n) is 16.0. The Kier molecular flexibility index (Phi) is 6.35. The number of carbonyl (C=O) groups excluding carboxylic acids is 2. The lowest BCUT2D eigenvalue weighted by atomic mass is 9.95. The van der Waals surface area contributed by atoms with E-state index in [1.165, 1.54) is 23.9 Å². The highest BCUT2D eigenvalue weighted by atomic mass is 32.2. The van der Waals surface area contributed by atoms with E-state index in [4.69, 9.17) is 0 Å². The first-order chi connectivity index (χ1) is 13.4. The van der Waals surface area contributed by atoms with E-state index in [0.29, 0.717) is 5.82 Å². The van der Waals surface area contributed by atoms with E-state index >= 15 is 0 Å². The van der Waals surface area contributed by atoms with Gasteiger partial charge in [-0.05, 0) is 44.5 Å². The van der Waals surface area contributed by atoms with Gasteiger partial charge in [0.2, 0.25) is 11.8 Å². The third-order valence-electron chi connectivity index (χ3n) is 4.63. The lowest BCUT2D eigenvalue weighted by molar-refractivity contribution is -0.130. The molecular weight excluding hydrogens is 381 g/mol. The molecule has 1 aliphatic heterocycles. The van der Waals surface area contributed by atoms with E-state index in [1.807, 2.05) is 20.8 Å². The molecule has 2 aromatic rings. The Hall–Kier alpha value is -2.39. The summed E-state index contributed by atoms with van der Waals surface area (Å²) in [5.41, 5.74) is 0.725. The number of hydrogen-bond donors (Lipinski definition) is 3. The molecule has 1 saturated heterocycles. The first kappa shape index (κ1) is 20.3. The monoisotopic (exact) mass is 405 g/mol. The standard InChI is InChI=1S/C19H24FN5O2S/c1-4-15-12(3)21-19(23-18(15)27)25-16(9-11(2)24-25)22-17(26)10-28-14-7-5-13(20)6-8-14/h5-9,12,15,19,21H,4,10H2,1-3H3,(H,22,26)(H,23,27). The molecule has 0 radical (unpaired) electrons. The van der Waals surface area contributed by atoms with Gasteiger partial charge in [-0.3, -0.25) is 14.9 Å². The van der Waals surface area contributed by atoms with E-state index in [-0.39, 0.29) is 35.3 Å². The molecule has 0 aliphatic carbocycles. The summed E-state index contributed by atoms with van der Waals surface area (Å²) in [5, 5.41) is 13.5. The van der Waals surface area contributed by atoms with Crippen LogP contribution in [-0.4, -0.2) is 33.4 Å². The van der Waals surface area contributed by atoms with E-state index in [0.717, 1.165) is 17.0 Å². The zero-order chi connectivity index (χ0) is 20.3. The van der Waals surface area contributed by atoms with Crippen molar-refractivity contribution in [3.05, 3.63) is 41.8 Å². The maximum Gasteiger partial charge on any atom is 0.235 e. The fraction of sp³-hybridized carbons (Fsp3) is 0.421. The van der Waals surface area contributed by atoms with E-state index in [2.05, 4.69) is 21.0 Å². The van der Waals surface area contributed by atoms with Crippen molar-refractivity contribution >= 4 is 29.4 Å². The Labute approximate surface area is 167 Å². The highest BCUT2D eigenvalue weighted by Gasteiger charge is 2.34. The number of halogens is 1. The molecule has 9 heteroatoms. The van der Waals surface area contributed by atoms with Gasteiger partial charge in [0.05, 0.1) is 17.4 Å². The molecule has 0 saturated carbocycles. The second-order valence-corrected chi connectivity index (χ2v) is 7.84. The van der Waals surface area contributed by atoms with Crippen molar-refractivity contribution in [3.63, 3.8) is 0 Å². The Balaban J connectivity index is 1.66. The molecule has 3 rings (SSSR count). The minimum atomic E-state index is -0.529. The SMILES string of the molecule is CCC1C(=O)NC(n2nc(C)cc2NC(=O)CSc2ccc(F)cc2)NC1C. The van der Waals surface area contributed by atoms with Gasteiger partial charge in [0.15, 0.2) is 6.29 Å². The van der Waals surface area contributed by atoms with Gasteiger partial charge in [-0.2, -0.15) is 5.10 Å². The van der Waals surface area contributed by atoms with Crippen LogP contribution in [-0.2, 0) is 9.59 Å². The number of benzene rings is 1. The number of thioether (sulfide) groups is 1. The Morgan fingerprint density at radius 3 is 2.71 bits per heavy atom. The molecule has 1 aromatic heterocycles. The smallest absolute Gasteiger partial charge is 0.235 e. The summed E-state index contributed by atoms with van der Waals surface area (Å²) in [5.74, 6) is 0.0253. The number of carbonyl (C=O) groups is 2.